The van der Waals surface area contributed by atoms with Crippen molar-refractivity contribution >= 4 is 5.91 Å². The average molecular weight is 265 g/mol. The van der Waals surface area contributed by atoms with Crippen molar-refractivity contribution in [3.8, 4) is 11.5 Å². The van der Waals surface area contributed by atoms with Gasteiger partial charge in [0, 0.05) is 5.56 Å². The quantitative estimate of drug-likeness (QED) is 0.812. The summed E-state index contributed by atoms with van der Waals surface area (Å²) in [5.74, 6) is -1.07. The molecular formula is C10H10F3NO4. The number of hydrogen-bond acceptors (Lipinski definition) is 4. The number of benzene rings is 1. The molecule has 8 heteroatoms. The van der Waals surface area contributed by atoms with E-state index in [1.54, 1.807) is 5.48 Å². The van der Waals surface area contributed by atoms with Crippen LogP contribution < -0.4 is 10.2 Å². The monoisotopic (exact) mass is 265 g/mol. The molecule has 1 rings (SSSR count). The molecule has 0 aliphatic rings. The Kier molecular flexibility index (Phi) is 4.38. The first-order valence-corrected chi connectivity index (χ1v) is 4.69. The lowest BCUT2D eigenvalue weighted by molar-refractivity contribution is -0.184. The number of amides is 1. The molecule has 1 aromatic rings. The van der Waals surface area contributed by atoms with Crippen LogP contribution in [0.2, 0.25) is 0 Å². The number of hydrogen-bond donors (Lipinski definition) is 2. The molecule has 0 fully saturated rings. The Hall–Kier alpha value is -1.96. The molecule has 0 spiro atoms. The van der Waals surface area contributed by atoms with Crippen molar-refractivity contribution in [2.75, 3.05) is 13.7 Å². The second-order valence-electron chi connectivity index (χ2n) is 3.22. The maximum atomic E-state index is 11.7. The van der Waals surface area contributed by atoms with E-state index in [0.29, 0.717) is 0 Å². The van der Waals surface area contributed by atoms with Crippen molar-refractivity contribution in [2.24, 2.45) is 0 Å². The molecule has 1 amide bonds. The normalized spacial score (nSPS) is 11.1. The maximum Gasteiger partial charge on any atom is 0.414 e. The van der Waals surface area contributed by atoms with Gasteiger partial charge in [-0.2, -0.15) is 13.2 Å². The predicted molar refractivity (Wildman–Crippen MR) is 54.1 cm³/mol. The number of hydroxylamine groups is 1. The van der Waals surface area contributed by atoms with Gasteiger partial charge in [0.15, 0.2) is 18.1 Å². The van der Waals surface area contributed by atoms with E-state index in [-0.39, 0.29) is 17.1 Å². The highest BCUT2D eigenvalue weighted by Crippen LogP contribution is 2.26. The van der Waals surface area contributed by atoms with Gasteiger partial charge in [0.05, 0.1) is 7.11 Å². The van der Waals surface area contributed by atoms with E-state index >= 15 is 0 Å². The Labute approximate surface area is 100 Å². The van der Waals surface area contributed by atoms with Gasteiger partial charge in [-0.05, 0) is 18.2 Å². The zero-order valence-electron chi connectivity index (χ0n) is 9.25. The molecule has 0 bridgehead atoms. The van der Waals surface area contributed by atoms with Crippen molar-refractivity contribution in [1.82, 2.24) is 5.48 Å². The van der Waals surface area contributed by atoms with Gasteiger partial charge in [-0.1, -0.05) is 0 Å². The van der Waals surface area contributed by atoms with Gasteiger partial charge in [0.2, 0.25) is 0 Å². The minimum Gasteiger partial charge on any atom is -0.504 e. The average Bonchev–Trinajstić information content (AvgIpc) is 2.27. The zero-order valence-corrected chi connectivity index (χ0v) is 9.25. The third-order valence-electron chi connectivity index (χ3n) is 1.84. The molecule has 0 aliphatic heterocycles. The molecule has 0 saturated heterocycles. The molecule has 18 heavy (non-hydrogen) atoms. The highest BCUT2D eigenvalue weighted by Gasteiger charge is 2.28. The molecule has 1 aromatic carbocycles. The summed E-state index contributed by atoms with van der Waals surface area (Å²) in [4.78, 5) is 15.3. The van der Waals surface area contributed by atoms with E-state index < -0.39 is 18.7 Å². The summed E-state index contributed by atoms with van der Waals surface area (Å²) in [5.41, 5.74) is 1.55. The smallest absolute Gasteiger partial charge is 0.414 e. The van der Waals surface area contributed by atoms with Crippen molar-refractivity contribution < 1.29 is 32.6 Å². The number of aromatic hydroxyl groups is 1. The van der Waals surface area contributed by atoms with E-state index in [0.717, 1.165) is 6.07 Å². The summed E-state index contributed by atoms with van der Waals surface area (Å²) < 4.78 is 40.0. The number of carbonyl (C=O) groups is 1. The van der Waals surface area contributed by atoms with Gasteiger partial charge in [-0.25, -0.2) is 5.48 Å². The number of halogens is 3. The molecule has 0 saturated carbocycles. The SMILES string of the molecule is COc1ccc(C(=O)NOCC(F)(F)F)cc1O. The molecule has 0 aliphatic carbocycles. The Morgan fingerprint density at radius 1 is 1.44 bits per heavy atom. The van der Waals surface area contributed by atoms with Crippen LogP contribution >= 0.6 is 0 Å². The van der Waals surface area contributed by atoms with Crippen LogP contribution in [0.5, 0.6) is 11.5 Å². The third-order valence-corrected chi connectivity index (χ3v) is 1.84. The summed E-state index contributed by atoms with van der Waals surface area (Å²) in [6.07, 6.45) is -4.53. The fourth-order valence-corrected chi connectivity index (χ4v) is 1.07. The number of phenolic OH excluding ortho intramolecular Hbond substituents is 1. The van der Waals surface area contributed by atoms with E-state index in [1.165, 1.54) is 19.2 Å². The lowest BCUT2D eigenvalue weighted by atomic mass is 10.2. The summed E-state index contributed by atoms with van der Waals surface area (Å²) in [6, 6.07) is 3.62. The molecule has 0 aromatic heterocycles. The number of methoxy groups -OCH3 is 1. The van der Waals surface area contributed by atoms with Crippen LogP contribution in [-0.4, -0.2) is 30.9 Å². The van der Waals surface area contributed by atoms with Crippen LogP contribution in [0.25, 0.3) is 0 Å². The number of carbonyl (C=O) groups excluding carboxylic acids is 1. The Morgan fingerprint density at radius 3 is 2.61 bits per heavy atom. The van der Waals surface area contributed by atoms with Gasteiger partial charge < -0.3 is 9.84 Å². The van der Waals surface area contributed by atoms with Gasteiger partial charge >= 0.3 is 6.18 Å². The Bertz CT molecular complexity index is 434. The minimum atomic E-state index is -4.53. The molecular weight excluding hydrogens is 255 g/mol. The molecule has 0 radical (unpaired) electrons. The summed E-state index contributed by atoms with van der Waals surface area (Å²) in [6.45, 7) is -1.60. The summed E-state index contributed by atoms with van der Waals surface area (Å²) >= 11 is 0. The first kappa shape index (κ1) is 14.1. The number of ether oxygens (including phenoxy) is 1. The van der Waals surface area contributed by atoms with E-state index in [2.05, 4.69) is 4.84 Å². The molecule has 0 atom stereocenters. The first-order valence-electron chi connectivity index (χ1n) is 4.69. The highest BCUT2D eigenvalue weighted by molar-refractivity contribution is 5.94. The number of rotatable bonds is 4. The second-order valence-corrected chi connectivity index (χ2v) is 3.22. The Balaban J connectivity index is 2.59. The fourth-order valence-electron chi connectivity index (χ4n) is 1.07. The van der Waals surface area contributed by atoms with Gasteiger partial charge in [-0.15, -0.1) is 0 Å². The predicted octanol–water partition coefficient (Wildman–Crippen LogP) is 1.62. The topological polar surface area (TPSA) is 67.8 Å². The van der Waals surface area contributed by atoms with E-state index in [9.17, 15) is 23.1 Å². The zero-order chi connectivity index (χ0) is 13.8. The molecule has 0 unspecified atom stereocenters. The highest BCUT2D eigenvalue weighted by atomic mass is 19.4. The van der Waals surface area contributed by atoms with Crippen LogP contribution in [0.4, 0.5) is 13.2 Å². The van der Waals surface area contributed by atoms with Crippen molar-refractivity contribution in [3.63, 3.8) is 0 Å². The van der Waals surface area contributed by atoms with E-state index in [1.807, 2.05) is 0 Å². The molecule has 2 N–H and O–H groups in total. The Morgan fingerprint density at radius 2 is 2.11 bits per heavy atom. The molecule has 100 valence electrons. The lowest BCUT2D eigenvalue weighted by Gasteiger charge is -2.09. The van der Waals surface area contributed by atoms with Crippen molar-refractivity contribution in [3.05, 3.63) is 23.8 Å². The first-order chi connectivity index (χ1) is 8.33. The van der Waals surface area contributed by atoms with Gasteiger partial charge in [0.1, 0.15) is 0 Å². The maximum absolute atomic E-state index is 11.7. The number of phenols is 1. The van der Waals surface area contributed by atoms with Gasteiger partial charge in [0.25, 0.3) is 5.91 Å². The van der Waals surface area contributed by atoms with Crippen LogP contribution in [0.15, 0.2) is 18.2 Å². The summed E-state index contributed by atoms with van der Waals surface area (Å²) in [5, 5.41) is 9.37. The standard InChI is InChI=1S/C10H10F3NO4/c1-17-8-3-2-6(4-7(8)15)9(16)14-18-5-10(11,12)13/h2-4,15H,5H2,1H3,(H,14,16). The van der Waals surface area contributed by atoms with Crippen LogP contribution in [0.3, 0.4) is 0 Å². The number of nitrogens with one attached hydrogen (secondary N) is 1. The van der Waals surface area contributed by atoms with Crippen molar-refractivity contribution in [1.29, 1.82) is 0 Å². The number of alkyl halides is 3. The fraction of sp³-hybridized carbons (Fsp3) is 0.300. The van der Waals surface area contributed by atoms with Crippen LogP contribution in [0.1, 0.15) is 10.4 Å². The second kappa shape index (κ2) is 5.58. The van der Waals surface area contributed by atoms with Gasteiger partial charge in [-0.3, -0.25) is 9.63 Å². The lowest BCUT2D eigenvalue weighted by Crippen LogP contribution is -2.29. The summed E-state index contributed by atoms with van der Waals surface area (Å²) in [7, 11) is 1.32. The van der Waals surface area contributed by atoms with Crippen LogP contribution in [0, 0.1) is 0 Å². The molecule has 5 nitrogen and oxygen atoms in total. The van der Waals surface area contributed by atoms with E-state index in [4.69, 9.17) is 4.74 Å². The minimum absolute atomic E-state index is 0.0597. The van der Waals surface area contributed by atoms with Crippen LogP contribution in [-0.2, 0) is 4.84 Å². The third kappa shape index (κ3) is 4.13. The van der Waals surface area contributed by atoms with Crippen molar-refractivity contribution in [2.45, 2.75) is 6.18 Å². The molecule has 0 heterocycles. The largest absolute Gasteiger partial charge is 0.504 e.